The van der Waals surface area contributed by atoms with Gasteiger partial charge in [-0.3, -0.25) is 4.68 Å². The standard InChI is InChI=1S/C12H12N2O/c15-9-7-12-6-8-14(13-12)10-11-4-2-1-3-5-11/h1-6,8-9H,7,10H2. The van der Waals surface area contributed by atoms with Gasteiger partial charge < -0.3 is 4.79 Å². The highest BCUT2D eigenvalue weighted by atomic mass is 16.1. The van der Waals surface area contributed by atoms with Gasteiger partial charge in [-0.1, -0.05) is 30.3 Å². The number of hydrogen-bond donors (Lipinski definition) is 0. The Morgan fingerprint density at radius 2 is 2.00 bits per heavy atom. The summed E-state index contributed by atoms with van der Waals surface area (Å²) in [6.07, 6.45) is 3.16. The molecule has 0 aliphatic heterocycles. The number of nitrogens with zero attached hydrogens (tertiary/aromatic N) is 2. The van der Waals surface area contributed by atoms with Crippen molar-refractivity contribution < 1.29 is 4.79 Å². The van der Waals surface area contributed by atoms with Crippen molar-refractivity contribution in [1.29, 1.82) is 0 Å². The molecule has 76 valence electrons. The van der Waals surface area contributed by atoms with E-state index in [-0.39, 0.29) is 0 Å². The molecule has 0 N–H and O–H groups in total. The predicted octanol–water partition coefficient (Wildman–Crippen LogP) is 1.67. The van der Waals surface area contributed by atoms with Gasteiger partial charge in [-0.2, -0.15) is 5.10 Å². The van der Waals surface area contributed by atoms with E-state index >= 15 is 0 Å². The zero-order valence-electron chi connectivity index (χ0n) is 8.34. The van der Waals surface area contributed by atoms with Crippen molar-refractivity contribution >= 4 is 6.29 Å². The third-order valence-electron chi connectivity index (χ3n) is 2.18. The van der Waals surface area contributed by atoms with Gasteiger partial charge in [-0.25, -0.2) is 0 Å². The molecule has 0 radical (unpaired) electrons. The van der Waals surface area contributed by atoms with Crippen LogP contribution in [0.2, 0.25) is 0 Å². The molecule has 0 saturated heterocycles. The summed E-state index contributed by atoms with van der Waals surface area (Å²) >= 11 is 0. The van der Waals surface area contributed by atoms with Crippen LogP contribution in [0.3, 0.4) is 0 Å². The van der Waals surface area contributed by atoms with Gasteiger partial charge in [-0.15, -0.1) is 0 Å². The zero-order chi connectivity index (χ0) is 10.5. The van der Waals surface area contributed by atoms with Crippen LogP contribution in [0.1, 0.15) is 11.3 Å². The summed E-state index contributed by atoms with van der Waals surface area (Å²) in [7, 11) is 0. The van der Waals surface area contributed by atoms with E-state index in [9.17, 15) is 4.79 Å². The van der Waals surface area contributed by atoms with Crippen LogP contribution in [0.5, 0.6) is 0 Å². The maximum absolute atomic E-state index is 10.3. The topological polar surface area (TPSA) is 34.9 Å². The first kappa shape index (κ1) is 9.65. The Kier molecular flexibility index (Phi) is 2.93. The quantitative estimate of drug-likeness (QED) is 0.704. The van der Waals surface area contributed by atoms with Crippen molar-refractivity contribution in [1.82, 2.24) is 9.78 Å². The minimum absolute atomic E-state index is 0.391. The van der Waals surface area contributed by atoms with Crippen LogP contribution in [0.15, 0.2) is 42.6 Å². The average molecular weight is 200 g/mol. The molecule has 3 nitrogen and oxygen atoms in total. The fraction of sp³-hybridized carbons (Fsp3) is 0.167. The van der Waals surface area contributed by atoms with E-state index in [1.54, 1.807) is 0 Å². The van der Waals surface area contributed by atoms with Gasteiger partial charge in [0.1, 0.15) is 6.29 Å². The third kappa shape index (κ3) is 2.53. The summed E-state index contributed by atoms with van der Waals surface area (Å²) in [6.45, 7) is 0.750. The number of benzene rings is 1. The highest BCUT2D eigenvalue weighted by molar-refractivity contribution is 5.53. The highest BCUT2D eigenvalue weighted by Crippen LogP contribution is 2.02. The lowest BCUT2D eigenvalue weighted by Gasteiger charge is -2.00. The summed E-state index contributed by atoms with van der Waals surface area (Å²) in [5.74, 6) is 0. The molecule has 0 saturated carbocycles. The number of rotatable bonds is 4. The fourth-order valence-electron chi connectivity index (χ4n) is 1.46. The molecule has 2 rings (SSSR count). The molecule has 1 aromatic carbocycles. The second-order valence-corrected chi connectivity index (χ2v) is 3.36. The molecule has 1 aromatic heterocycles. The molecule has 15 heavy (non-hydrogen) atoms. The summed E-state index contributed by atoms with van der Waals surface area (Å²) in [4.78, 5) is 10.3. The molecule has 0 bridgehead atoms. The van der Waals surface area contributed by atoms with Gasteiger partial charge in [0.15, 0.2) is 0 Å². The first-order valence-electron chi connectivity index (χ1n) is 4.88. The Balaban J connectivity index is 2.08. The zero-order valence-corrected chi connectivity index (χ0v) is 8.34. The van der Waals surface area contributed by atoms with Gasteiger partial charge in [-0.05, 0) is 11.6 Å². The van der Waals surface area contributed by atoms with Gasteiger partial charge in [0.05, 0.1) is 12.2 Å². The van der Waals surface area contributed by atoms with E-state index in [4.69, 9.17) is 0 Å². The van der Waals surface area contributed by atoms with Crippen molar-refractivity contribution in [2.75, 3.05) is 0 Å². The van der Waals surface area contributed by atoms with Gasteiger partial charge >= 0.3 is 0 Å². The first-order chi connectivity index (χ1) is 7.38. The average Bonchev–Trinajstić information content (AvgIpc) is 2.68. The van der Waals surface area contributed by atoms with E-state index in [2.05, 4.69) is 17.2 Å². The normalized spacial score (nSPS) is 10.1. The minimum atomic E-state index is 0.391. The Morgan fingerprint density at radius 1 is 1.20 bits per heavy atom. The van der Waals surface area contributed by atoms with Crippen molar-refractivity contribution in [2.45, 2.75) is 13.0 Å². The van der Waals surface area contributed by atoms with E-state index in [1.165, 1.54) is 5.56 Å². The van der Waals surface area contributed by atoms with Crippen LogP contribution in [0.4, 0.5) is 0 Å². The Bertz CT molecular complexity index is 434. The molecule has 3 heteroatoms. The lowest BCUT2D eigenvalue weighted by Crippen LogP contribution is -2.01. The number of aromatic nitrogens is 2. The molecule has 2 aromatic rings. The Labute approximate surface area is 88.4 Å². The summed E-state index contributed by atoms with van der Waals surface area (Å²) in [5.41, 5.74) is 2.03. The predicted molar refractivity (Wildman–Crippen MR) is 57.5 cm³/mol. The Hall–Kier alpha value is -1.90. The van der Waals surface area contributed by atoms with Crippen molar-refractivity contribution in [3.63, 3.8) is 0 Å². The minimum Gasteiger partial charge on any atom is -0.303 e. The maximum Gasteiger partial charge on any atom is 0.126 e. The number of carbonyl (C=O) groups excluding carboxylic acids is 1. The monoisotopic (exact) mass is 200 g/mol. The molecule has 0 aliphatic rings. The summed E-state index contributed by atoms with van der Waals surface area (Å²) < 4.78 is 1.84. The first-order valence-corrected chi connectivity index (χ1v) is 4.88. The highest BCUT2D eigenvalue weighted by Gasteiger charge is 1.98. The fourth-order valence-corrected chi connectivity index (χ4v) is 1.46. The molecule has 1 heterocycles. The second kappa shape index (κ2) is 4.55. The van der Waals surface area contributed by atoms with E-state index < -0.39 is 0 Å². The number of hydrogen-bond acceptors (Lipinski definition) is 2. The summed E-state index contributed by atoms with van der Waals surface area (Å²) in [6, 6.07) is 12.0. The van der Waals surface area contributed by atoms with Crippen LogP contribution >= 0.6 is 0 Å². The summed E-state index contributed by atoms with van der Waals surface area (Å²) in [5, 5.41) is 4.28. The van der Waals surface area contributed by atoms with Gasteiger partial charge in [0.25, 0.3) is 0 Å². The van der Waals surface area contributed by atoms with E-state index in [1.807, 2.05) is 35.1 Å². The van der Waals surface area contributed by atoms with Crippen LogP contribution < -0.4 is 0 Å². The number of carbonyl (C=O) groups is 1. The lowest BCUT2D eigenvalue weighted by atomic mass is 10.2. The smallest absolute Gasteiger partial charge is 0.126 e. The molecular formula is C12H12N2O. The molecular weight excluding hydrogens is 188 g/mol. The number of aldehydes is 1. The molecule has 0 fully saturated rings. The van der Waals surface area contributed by atoms with Crippen LogP contribution in [-0.2, 0) is 17.8 Å². The van der Waals surface area contributed by atoms with Crippen LogP contribution in [-0.4, -0.2) is 16.1 Å². The molecule has 0 unspecified atom stereocenters. The van der Waals surface area contributed by atoms with Gasteiger partial charge in [0, 0.05) is 12.6 Å². The second-order valence-electron chi connectivity index (χ2n) is 3.36. The maximum atomic E-state index is 10.3. The largest absolute Gasteiger partial charge is 0.303 e. The van der Waals surface area contributed by atoms with E-state index in [0.717, 1.165) is 18.5 Å². The molecule has 0 atom stereocenters. The van der Waals surface area contributed by atoms with Crippen LogP contribution in [0.25, 0.3) is 0 Å². The SMILES string of the molecule is O=CCc1ccn(Cc2ccccc2)n1. The Morgan fingerprint density at radius 3 is 2.73 bits per heavy atom. The van der Waals surface area contributed by atoms with Crippen molar-refractivity contribution in [2.24, 2.45) is 0 Å². The molecule has 0 spiro atoms. The van der Waals surface area contributed by atoms with Crippen molar-refractivity contribution in [3.05, 3.63) is 53.9 Å². The lowest BCUT2D eigenvalue weighted by molar-refractivity contribution is -0.107. The van der Waals surface area contributed by atoms with E-state index in [0.29, 0.717) is 6.42 Å². The van der Waals surface area contributed by atoms with Crippen LogP contribution in [0, 0.1) is 0 Å². The van der Waals surface area contributed by atoms with Crippen molar-refractivity contribution in [3.8, 4) is 0 Å². The molecule has 0 aliphatic carbocycles. The third-order valence-corrected chi connectivity index (χ3v) is 2.18. The van der Waals surface area contributed by atoms with Gasteiger partial charge in [0.2, 0.25) is 0 Å². The molecule has 0 amide bonds.